The minimum Gasteiger partial charge on any atom is -0.328 e. The zero-order valence-electron chi connectivity index (χ0n) is 12.2. The van der Waals surface area contributed by atoms with Crippen LogP contribution in [0.3, 0.4) is 0 Å². The van der Waals surface area contributed by atoms with Crippen molar-refractivity contribution in [3.05, 3.63) is 53.9 Å². The molecule has 1 aliphatic rings. The molecule has 110 valence electrons. The fourth-order valence-electron chi connectivity index (χ4n) is 3.15. The number of hydrogen-bond donors (Lipinski definition) is 2. The molecule has 5 heteroatoms. The number of pyridine rings is 1. The molecule has 21 heavy (non-hydrogen) atoms. The summed E-state index contributed by atoms with van der Waals surface area (Å²) in [6.07, 6.45) is 9.81. The number of rotatable bonds is 2. The molecule has 0 spiro atoms. The van der Waals surface area contributed by atoms with Crippen molar-refractivity contribution in [3.63, 3.8) is 0 Å². The van der Waals surface area contributed by atoms with Crippen molar-refractivity contribution >= 4 is 0 Å². The Morgan fingerprint density at radius 1 is 1.24 bits per heavy atom. The topological polar surface area (TPSA) is 90.7 Å². The molecule has 0 radical (unpaired) electrons. The Hall–Kier alpha value is -1.85. The maximum atomic E-state index is 6.76. The van der Waals surface area contributed by atoms with Gasteiger partial charge in [0.25, 0.3) is 0 Å². The van der Waals surface area contributed by atoms with Gasteiger partial charge in [-0.25, -0.2) is 9.97 Å². The van der Waals surface area contributed by atoms with Gasteiger partial charge in [-0.3, -0.25) is 4.98 Å². The van der Waals surface area contributed by atoms with E-state index >= 15 is 0 Å². The first-order valence-corrected chi connectivity index (χ1v) is 7.33. The standard InChI is InChI=1S/C16H21N5/c1-11-8-20-15(21-9-11)16(18)5-4-13(17)7-14(16)12-3-2-6-19-10-12/h2-3,6,8-10,13-14H,4-5,7,17-18H2,1H3. The van der Waals surface area contributed by atoms with Crippen LogP contribution in [-0.2, 0) is 5.54 Å². The first-order chi connectivity index (χ1) is 10.1. The van der Waals surface area contributed by atoms with Crippen LogP contribution in [0.4, 0.5) is 0 Å². The van der Waals surface area contributed by atoms with Gasteiger partial charge in [0.1, 0.15) is 5.82 Å². The number of nitrogens with two attached hydrogens (primary N) is 2. The van der Waals surface area contributed by atoms with Crippen LogP contribution in [0.1, 0.15) is 42.1 Å². The van der Waals surface area contributed by atoms with E-state index in [1.807, 2.05) is 31.6 Å². The van der Waals surface area contributed by atoms with Crippen LogP contribution in [0.25, 0.3) is 0 Å². The quantitative estimate of drug-likeness (QED) is 0.874. The lowest BCUT2D eigenvalue weighted by Crippen LogP contribution is -2.50. The zero-order valence-corrected chi connectivity index (χ0v) is 12.2. The highest BCUT2D eigenvalue weighted by molar-refractivity contribution is 5.26. The van der Waals surface area contributed by atoms with E-state index in [1.165, 1.54) is 0 Å². The van der Waals surface area contributed by atoms with Gasteiger partial charge in [0.2, 0.25) is 0 Å². The summed E-state index contributed by atoms with van der Waals surface area (Å²) in [6.45, 7) is 1.97. The molecule has 0 saturated heterocycles. The van der Waals surface area contributed by atoms with Gasteiger partial charge in [-0.05, 0) is 43.4 Å². The molecule has 2 heterocycles. The average Bonchev–Trinajstić information content (AvgIpc) is 2.51. The monoisotopic (exact) mass is 283 g/mol. The van der Waals surface area contributed by atoms with E-state index in [-0.39, 0.29) is 12.0 Å². The van der Waals surface area contributed by atoms with Crippen LogP contribution >= 0.6 is 0 Å². The number of aryl methyl sites for hydroxylation is 1. The van der Waals surface area contributed by atoms with Gasteiger partial charge in [0, 0.05) is 36.7 Å². The Labute approximate surface area is 124 Å². The first kappa shape index (κ1) is 14.1. The Balaban J connectivity index is 2.02. The minimum absolute atomic E-state index is 0.0951. The fourth-order valence-corrected chi connectivity index (χ4v) is 3.15. The molecule has 0 aromatic carbocycles. The molecule has 0 amide bonds. The largest absolute Gasteiger partial charge is 0.328 e. The zero-order chi connectivity index (χ0) is 14.9. The van der Waals surface area contributed by atoms with Crippen LogP contribution in [0.15, 0.2) is 36.9 Å². The molecule has 0 aliphatic heterocycles. The van der Waals surface area contributed by atoms with Crippen molar-refractivity contribution < 1.29 is 0 Å². The third-order valence-corrected chi connectivity index (χ3v) is 4.37. The summed E-state index contributed by atoms with van der Waals surface area (Å²) in [5, 5.41) is 0. The molecule has 2 aromatic heterocycles. The van der Waals surface area contributed by atoms with Gasteiger partial charge >= 0.3 is 0 Å². The van der Waals surface area contributed by atoms with Crippen LogP contribution < -0.4 is 11.5 Å². The molecule has 5 nitrogen and oxygen atoms in total. The molecule has 0 bridgehead atoms. The highest BCUT2D eigenvalue weighted by Crippen LogP contribution is 2.43. The van der Waals surface area contributed by atoms with E-state index < -0.39 is 5.54 Å². The second kappa shape index (κ2) is 5.50. The van der Waals surface area contributed by atoms with Crippen LogP contribution in [0.2, 0.25) is 0 Å². The maximum absolute atomic E-state index is 6.76. The molecule has 3 rings (SSSR count). The van der Waals surface area contributed by atoms with E-state index in [1.54, 1.807) is 6.20 Å². The summed E-state index contributed by atoms with van der Waals surface area (Å²) in [6, 6.07) is 4.16. The van der Waals surface area contributed by atoms with Gasteiger partial charge in [0.05, 0.1) is 5.54 Å². The van der Waals surface area contributed by atoms with Crippen molar-refractivity contribution in [2.75, 3.05) is 0 Å². The summed E-state index contributed by atoms with van der Waals surface area (Å²) < 4.78 is 0. The molecule has 1 aliphatic carbocycles. The van der Waals surface area contributed by atoms with E-state index in [9.17, 15) is 0 Å². The Bertz CT molecular complexity index is 598. The second-order valence-electron chi connectivity index (χ2n) is 6.00. The fraction of sp³-hybridized carbons (Fsp3) is 0.438. The van der Waals surface area contributed by atoms with Crippen LogP contribution in [0.5, 0.6) is 0 Å². The summed E-state index contributed by atoms with van der Waals surface area (Å²) in [5.41, 5.74) is 14.5. The lowest BCUT2D eigenvalue weighted by molar-refractivity contribution is 0.221. The highest BCUT2D eigenvalue weighted by atomic mass is 15.0. The Morgan fingerprint density at radius 2 is 2.00 bits per heavy atom. The number of hydrogen-bond acceptors (Lipinski definition) is 5. The van der Waals surface area contributed by atoms with E-state index in [4.69, 9.17) is 11.5 Å². The average molecular weight is 283 g/mol. The van der Waals surface area contributed by atoms with Crippen molar-refractivity contribution in [2.24, 2.45) is 11.5 Å². The predicted molar refractivity (Wildman–Crippen MR) is 81.4 cm³/mol. The highest BCUT2D eigenvalue weighted by Gasteiger charge is 2.44. The lowest BCUT2D eigenvalue weighted by atomic mass is 9.68. The smallest absolute Gasteiger partial charge is 0.148 e. The lowest BCUT2D eigenvalue weighted by Gasteiger charge is -2.42. The van der Waals surface area contributed by atoms with Crippen LogP contribution in [0, 0.1) is 6.92 Å². The molecule has 3 atom stereocenters. The normalized spacial score (nSPS) is 29.3. The molecular formula is C16H21N5. The van der Waals surface area contributed by atoms with Crippen molar-refractivity contribution in [3.8, 4) is 0 Å². The first-order valence-electron chi connectivity index (χ1n) is 7.33. The van der Waals surface area contributed by atoms with Crippen molar-refractivity contribution in [1.82, 2.24) is 15.0 Å². The van der Waals surface area contributed by atoms with E-state index in [0.29, 0.717) is 5.82 Å². The second-order valence-corrected chi connectivity index (χ2v) is 6.00. The summed E-state index contributed by atoms with van der Waals surface area (Å²) in [5.74, 6) is 0.798. The van der Waals surface area contributed by atoms with Crippen molar-refractivity contribution in [2.45, 2.75) is 43.7 Å². The van der Waals surface area contributed by atoms with E-state index in [2.05, 4.69) is 21.0 Å². The predicted octanol–water partition coefficient (Wildman–Crippen LogP) is 1.63. The molecular weight excluding hydrogens is 262 g/mol. The third-order valence-electron chi connectivity index (χ3n) is 4.37. The van der Waals surface area contributed by atoms with Gasteiger partial charge in [-0.2, -0.15) is 0 Å². The SMILES string of the molecule is Cc1cnc(C2(N)CCC(N)CC2c2cccnc2)nc1. The minimum atomic E-state index is -0.577. The van der Waals surface area contributed by atoms with Gasteiger partial charge in [-0.1, -0.05) is 6.07 Å². The third kappa shape index (κ3) is 2.66. The van der Waals surface area contributed by atoms with E-state index in [0.717, 1.165) is 30.4 Å². The van der Waals surface area contributed by atoms with Gasteiger partial charge < -0.3 is 11.5 Å². The number of aromatic nitrogens is 3. The maximum Gasteiger partial charge on any atom is 0.148 e. The summed E-state index contributed by atoms with van der Waals surface area (Å²) in [7, 11) is 0. The number of nitrogens with zero attached hydrogens (tertiary/aromatic N) is 3. The van der Waals surface area contributed by atoms with Gasteiger partial charge in [0.15, 0.2) is 0 Å². The molecule has 1 saturated carbocycles. The van der Waals surface area contributed by atoms with Crippen molar-refractivity contribution in [1.29, 1.82) is 0 Å². The molecule has 3 unspecified atom stereocenters. The molecule has 1 fully saturated rings. The molecule has 4 N–H and O–H groups in total. The summed E-state index contributed by atoms with van der Waals surface area (Å²) in [4.78, 5) is 13.2. The van der Waals surface area contributed by atoms with Gasteiger partial charge in [-0.15, -0.1) is 0 Å². The molecule has 2 aromatic rings. The summed E-state index contributed by atoms with van der Waals surface area (Å²) >= 11 is 0. The Kier molecular flexibility index (Phi) is 3.69. The Morgan fingerprint density at radius 3 is 2.67 bits per heavy atom. The van der Waals surface area contributed by atoms with Crippen LogP contribution in [-0.4, -0.2) is 21.0 Å².